The first-order valence-corrected chi connectivity index (χ1v) is 12.8. The van der Waals surface area contributed by atoms with Crippen molar-refractivity contribution in [2.45, 2.75) is 56.2 Å². The molecule has 0 unspecified atom stereocenters. The Morgan fingerprint density at radius 3 is 2.21 bits per heavy atom. The van der Waals surface area contributed by atoms with Crippen molar-refractivity contribution >= 4 is 29.2 Å². The second-order valence-corrected chi connectivity index (χ2v) is 10.0. The van der Waals surface area contributed by atoms with E-state index in [0.717, 1.165) is 18.0 Å². The molecule has 2 heterocycles. The lowest BCUT2D eigenvalue weighted by Crippen LogP contribution is -2.42. The largest absolute Gasteiger partial charge is 0.497 e. The molecule has 6 N–H and O–H groups in total. The third-order valence-electron chi connectivity index (χ3n) is 6.49. The summed E-state index contributed by atoms with van der Waals surface area (Å²) in [4.78, 5) is 31.7. The smallest absolute Gasteiger partial charge is 0.336 e. The number of carboxylic acids is 3. The zero-order valence-electron chi connectivity index (χ0n) is 20.8. The molecule has 1 saturated carbocycles. The monoisotopic (exact) mass is 545 g/mol. The predicted molar refractivity (Wildman–Crippen MR) is 139 cm³/mol. The highest BCUT2D eigenvalue weighted by atomic mass is 32.1. The molecule has 11 nitrogen and oxygen atoms in total. The minimum Gasteiger partial charge on any atom is -0.497 e. The van der Waals surface area contributed by atoms with Crippen LogP contribution in [-0.2, 0) is 26.5 Å². The third kappa shape index (κ3) is 7.18. The molecule has 204 valence electrons. The molecule has 38 heavy (non-hydrogen) atoms. The molecule has 1 aliphatic rings. The highest BCUT2D eigenvalue weighted by Crippen LogP contribution is 2.40. The number of hydrogen-bond donors (Lipinski definition) is 6. The van der Waals surface area contributed by atoms with Gasteiger partial charge < -0.3 is 30.5 Å². The molecule has 2 aromatic heterocycles. The van der Waals surface area contributed by atoms with E-state index in [1.54, 1.807) is 18.4 Å². The van der Waals surface area contributed by atoms with Crippen molar-refractivity contribution in [1.82, 2.24) is 15.5 Å². The van der Waals surface area contributed by atoms with Gasteiger partial charge in [0.15, 0.2) is 5.60 Å². The second-order valence-electron chi connectivity index (χ2n) is 9.10. The number of H-pyrrole nitrogens is 1. The SMILES string of the molecule is COc1ccc(C2(NCc3cn[nH]c3-c3cccs3)CCCC2)cc1.O=C(O)CC(O)(CC(=O)O)C(=O)O. The third-order valence-corrected chi connectivity index (χ3v) is 7.38. The second kappa shape index (κ2) is 12.7. The maximum atomic E-state index is 10.3. The van der Waals surface area contributed by atoms with E-state index in [2.05, 4.69) is 57.3 Å². The van der Waals surface area contributed by atoms with E-state index in [1.807, 2.05) is 6.20 Å². The molecule has 1 fully saturated rings. The summed E-state index contributed by atoms with van der Waals surface area (Å²) in [6, 6.07) is 12.7. The number of aliphatic hydroxyl groups is 1. The Morgan fingerprint density at radius 2 is 1.71 bits per heavy atom. The maximum absolute atomic E-state index is 10.3. The molecule has 0 atom stereocenters. The van der Waals surface area contributed by atoms with Crippen molar-refractivity contribution in [3.05, 3.63) is 59.1 Å². The van der Waals surface area contributed by atoms with Gasteiger partial charge in [-0.2, -0.15) is 5.10 Å². The van der Waals surface area contributed by atoms with Crippen LogP contribution in [0.2, 0.25) is 0 Å². The van der Waals surface area contributed by atoms with E-state index in [-0.39, 0.29) is 5.54 Å². The standard InChI is InChI=1S/C20H23N3OS.C6H8O7/c1-24-17-8-6-16(7-9-17)20(10-2-3-11-20)21-13-15-14-22-23-19(15)18-5-4-12-25-18;7-3(8)1-6(13,5(11)12)2-4(9)10/h4-9,12,14,21H,2-3,10-11,13H2,1H3,(H,22,23);13H,1-2H2,(H,7,8)(H,9,10)(H,11,12). The fourth-order valence-electron chi connectivity index (χ4n) is 4.51. The lowest BCUT2D eigenvalue weighted by atomic mass is 9.88. The quantitative estimate of drug-likeness (QED) is 0.209. The number of rotatable bonds is 11. The Morgan fingerprint density at radius 1 is 1.08 bits per heavy atom. The van der Waals surface area contributed by atoms with Crippen LogP contribution in [0.25, 0.3) is 10.6 Å². The molecular weight excluding hydrogens is 514 g/mol. The van der Waals surface area contributed by atoms with E-state index in [0.29, 0.717) is 0 Å². The summed E-state index contributed by atoms with van der Waals surface area (Å²) < 4.78 is 5.31. The minimum atomic E-state index is -2.74. The van der Waals surface area contributed by atoms with E-state index in [1.165, 1.54) is 41.7 Å². The summed E-state index contributed by atoms with van der Waals surface area (Å²) in [5.74, 6) is -4.11. The summed E-state index contributed by atoms with van der Waals surface area (Å²) in [5.41, 5.74) is 1.02. The van der Waals surface area contributed by atoms with Gasteiger partial charge in [-0.05, 0) is 42.0 Å². The normalized spacial score (nSPS) is 14.4. The first kappa shape index (κ1) is 28.8. The van der Waals surface area contributed by atoms with Gasteiger partial charge in [0.1, 0.15) is 5.75 Å². The predicted octanol–water partition coefficient (Wildman–Crippen LogP) is 3.46. The summed E-state index contributed by atoms with van der Waals surface area (Å²) in [6.45, 7) is 0.815. The number of carboxylic acid groups (broad SMARTS) is 3. The number of ether oxygens (including phenoxy) is 1. The summed E-state index contributed by atoms with van der Waals surface area (Å²) in [7, 11) is 1.71. The Bertz CT molecular complexity index is 1200. The highest BCUT2D eigenvalue weighted by molar-refractivity contribution is 7.13. The number of hydrogen-bond acceptors (Lipinski definition) is 8. The van der Waals surface area contributed by atoms with Crippen molar-refractivity contribution in [3.8, 4) is 16.3 Å². The van der Waals surface area contributed by atoms with Gasteiger partial charge in [-0.1, -0.05) is 31.0 Å². The van der Waals surface area contributed by atoms with Crippen LogP contribution in [-0.4, -0.2) is 61.2 Å². The molecular formula is C26H31N3O8S. The number of nitrogens with zero attached hydrogens (tertiary/aromatic N) is 1. The van der Waals surface area contributed by atoms with Gasteiger partial charge in [0.25, 0.3) is 0 Å². The Labute approximate surface area is 223 Å². The number of carbonyl (C=O) groups is 3. The molecule has 0 amide bonds. The Kier molecular flexibility index (Phi) is 9.61. The van der Waals surface area contributed by atoms with Crippen LogP contribution in [0.3, 0.4) is 0 Å². The van der Waals surface area contributed by atoms with E-state index >= 15 is 0 Å². The van der Waals surface area contributed by atoms with Crippen molar-refractivity contribution in [2.75, 3.05) is 7.11 Å². The fraction of sp³-hybridized carbons (Fsp3) is 0.385. The van der Waals surface area contributed by atoms with Gasteiger partial charge in [0, 0.05) is 17.6 Å². The zero-order valence-corrected chi connectivity index (χ0v) is 21.7. The topological polar surface area (TPSA) is 182 Å². The fourth-order valence-corrected chi connectivity index (χ4v) is 5.27. The van der Waals surface area contributed by atoms with E-state index in [4.69, 9.17) is 25.2 Å². The number of aliphatic carboxylic acids is 3. The van der Waals surface area contributed by atoms with Crippen molar-refractivity contribution < 1.29 is 39.5 Å². The van der Waals surface area contributed by atoms with E-state index in [9.17, 15) is 14.4 Å². The highest BCUT2D eigenvalue weighted by Gasteiger charge is 2.40. The molecule has 4 rings (SSSR count). The molecule has 0 radical (unpaired) electrons. The molecule has 0 aliphatic heterocycles. The Hall–Kier alpha value is -3.74. The number of thiophene rings is 1. The van der Waals surface area contributed by atoms with Crippen LogP contribution in [0.4, 0.5) is 0 Å². The number of aromatic nitrogens is 2. The maximum Gasteiger partial charge on any atom is 0.336 e. The summed E-state index contributed by atoms with van der Waals surface area (Å²) >= 11 is 1.74. The van der Waals surface area contributed by atoms with Crippen LogP contribution in [0, 0.1) is 0 Å². The number of nitrogens with one attached hydrogen (secondary N) is 2. The molecule has 1 aromatic carbocycles. The average molecular weight is 546 g/mol. The van der Waals surface area contributed by atoms with Crippen LogP contribution >= 0.6 is 11.3 Å². The summed E-state index contributed by atoms with van der Waals surface area (Å²) in [5, 5.41) is 47.2. The van der Waals surface area contributed by atoms with Crippen LogP contribution in [0.5, 0.6) is 5.75 Å². The van der Waals surface area contributed by atoms with Gasteiger partial charge in [0.05, 0.1) is 36.7 Å². The number of methoxy groups -OCH3 is 1. The lowest BCUT2D eigenvalue weighted by molar-refractivity contribution is -0.170. The number of aromatic amines is 1. The van der Waals surface area contributed by atoms with Gasteiger partial charge in [-0.15, -0.1) is 11.3 Å². The van der Waals surface area contributed by atoms with Gasteiger partial charge in [-0.3, -0.25) is 14.7 Å². The average Bonchev–Trinajstić information content (AvgIpc) is 3.64. The Balaban J connectivity index is 0.000000263. The number of benzene rings is 1. The summed E-state index contributed by atoms with van der Waals surface area (Å²) in [6.07, 6.45) is 4.53. The van der Waals surface area contributed by atoms with Gasteiger partial charge >= 0.3 is 17.9 Å². The first-order chi connectivity index (χ1) is 18.1. The van der Waals surface area contributed by atoms with Gasteiger partial charge in [0.2, 0.25) is 0 Å². The van der Waals surface area contributed by atoms with Crippen molar-refractivity contribution in [3.63, 3.8) is 0 Å². The van der Waals surface area contributed by atoms with Crippen molar-refractivity contribution in [2.24, 2.45) is 0 Å². The molecule has 3 aromatic rings. The molecule has 0 spiro atoms. The van der Waals surface area contributed by atoms with E-state index < -0.39 is 36.4 Å². The zero-order chi connectivity index (χ0) is 27.8. The van der Waals surface area contributed by atoms with Crippen LogP contribution < -0.4 is 10.1 Å². The molecule has 1 aliphatic carbocycles. The van der Waals surface area contributed by atoms with Crippen LogP contribution in [0.15, 0.2) is 48.0 Å². The molecule has 12 heteroatoms. The minimum absolute atomic E-state index is 0.0518. The lowest BCUT2D eigenvalue weighted by Gasteiger charge is -2.31. The molecule has 0 bridgehead atoms. The van der Waals surface area contributed by atoms with Crippen molar-refractivity contribution in [1.29, 1.82) is 0 Å². The molecule has 0 saturated heterocycles. The van der Waals surface area contributed by atoms with Gasteiger partial charge in [-0.25, -0.2) is 4.79 Å². The first-order valence-electron chi connectivity index (χ1n) is 11.9. The van der Waals surface area contributed by atoms with Crippen LogP contribution in [0.1, 0.15) is 49.7 Å².